The molecule has 0 saturated heterocycles. The second kappa shape index (κ2) is 6.86. The van der Waals surface area contributed by atoms with Crippen LogP contribution in [0.3, 0.4) is 0 Å². The van der Waals surface area contributed by atoms with Gasteiger partial charge in [0.05, 0.1) is 4.90 Å². The van der Waals surface area contributed by atoms with Gasteiger partial charge in [0.1, 0.15) is 0 Å². The summed E-state index contributed by atoms with van der Waals surface area (Å²) in [5.74, 6) is 0.607. The number of sulfonamides is 1. The maximum atomic E-state index is 12.2. The molecule has 2 aromatic carbocycles. The van der Waals surface area contributed by atoms with Crippen LogP contribution in [-0.4, -0.2) is 18.6 Å². The summed E-state index contributed by atoms with van der Waals surface area (Å²) >= 11 is 5.91. The van der Waals surface area contributed by atoms with Gasteiger partial charge in [0.2, 0.25) is 0 Å². The van der Waals surface area contributed by atoms with E-state index in [0.717, 1.165) is 5.69 Å². The molecule has 0 aliphatic rings. The molecular weight excluding hydrogens is 348 g/mol. The Labute approximate surface area is 144 Å². The summed E-state index contributed by atoms with van der Waals surface area (Å²) < 4.78 is 26.8. The van der Waals surface area contributed by atoms with E-state index in [4.69, 9.17) is 11.6 Å². The van der Waals surface area contributed by atoms with Gasteiger partial charge in [-0.05, 0) is 42.5 Å². The summed E-state index contributed by atoms with van der Waals surface area (Å²) in [6.07, 6.45) is 0. The first kappa shape index (κ1) is 16.2. The van der Waals surface area contributed by atoms with Crippen molar-refractivity contribution in [3.8, 4) is 0 Å². The molecule has 0 saturated carbocycles. The average Bonchev–Trinajstić information content (AvgIpc) is 2.57. The molecular formula is C16H13ClN4O2S. The van der Waals surface area contributed by atoms with Crippen LogP contribution in [0.15, 0.2) is 71.6 Å². The van der Waals surface area contributed by atoms with Crippen LogP contribution in [0.25, 0.3) is 0 Å². The molecule has 0 fully saturated rings. The maximum Gasteiger partial charge on any atom is 0.263 e. The number of rotatable bonds is 5. The molecule has 6 nitrogen and oxygen atoms in total. The third-order valence-corrected chi connectivity index (χ3v) is 4.66. The normalized spacial score (nSPS) is 11.0. The Hall–Kier alpha value is -2.64. The lowest BCUT2D eigenvalue weighted by Gasteiger charge is -2.08. The molecule has 8 heteroatoms. The highest BCUT2D eigenvalue weighted by Crippen LogP contribution is 2.19. The lowest BCUT2D eigenvalue weighted by molar-refractivity contribution is 0.601. The van der Waals surface area contributed by atoms with E-state index >= 15 is 0 Å². The van der Waals surface area contributed by atoms with E-state index in [2.05, 4.69) is 20.2 Å². The standard InChI is InChI=1S/C16H13ClN4O2S/c17-12-5-4-6-13(11-12)18-15-9-10-16(20-19-15)21-24(22,23)14-7-2-1-3-8-14/h1-11H,(H,18,19)(H,20,21). The molecule has 24 heavy (non-hydrogen) atoms. The van der Waals surface area contributed by atoms with E-state index in [0.29, 0.717) is 10.8 Å². The summed E-state index contributed by atoms with van der Waals surface area (Å²) in [7, 11) is -3.68. The first-order valence-electron chi connectivity index (χ1n) is 6.97. The topological polar surface area (TPSA) is 84.0 Å². The molecule has 0 bridgehead atoms. The van der Waals surface area contributed by atoms with Gasteiger partial charge in [-0.25, -0.2) is 8.42 Å². The summed E-state index contributed by atoms with van der Waals surface area (Å²) in [5.41, 5.74) is 0.759. The SMILES string of the molecule is O=S(=O)(Nc1ccc(Nc2cccc(Cl)c2)nn1)c1ccccc1. The number of anilines is 3. The van der Waals surface area contributed by atoms with Crippen molar-refractivity contribution in [1.82, 2.24) is 10.2 Å². The van der Waals surface area contributed by atoms with Gasteiger partial charge in [0.25, 0.3) is 10.0 Å². The van der Waals surface area contributed by atoms with Gasteiger partial charge in [-0.3, -0.25) is 4.72 Å². The minimum Gasteiger partial charge on any atom is -0.339 e. The lowest BCUT2D eigenvalue weighted by atomic mass is 10.3. The fourth-order valence-corrected chi connectivity index (χ4v) is 3.17. The molecule has 2 N–H and O–H groups in total. The zero-order valence-corrected chi connectivity index (χ0v) is 13.9. The van der Waals surface area contributed by atoms with E-state index in [1.807, 2.05) is 6.07 Å². The number of benzene rings is 2. The molecule has 1 aromatic heterocycles. The summed E-state index contributed by atoms with van der Waals surface area (Å²) in [4.78, 5) is 0.160. The quantitative estimate of drug-likeness (QED) is 0.725. The first-order valence-corrected chi connectivity index (χ1v) is 8.83. The third-order valence-electron chi connectivity index (χ3n) is 3.05. The largest absolute Gasteiger partial charge is 0.339 e. The van der Waals surface area contributed by atoms with Gasteiger partial charge in [-0.15, -0.1) is 10.2 Å². The van der Waals surface area contributed by atoms with Crippen molar-refractivity contribution in [2.24, 2.45) is 0 Å². The van der Waals surface area contributed by atoms with Crippen molar-refractivity contribution in [3.63, 3.8) is 0 Å². The Bertz CT molecular complexity index is 932. The minimum atomic E-state index is -3.68. The van der Waals surface area contributed by atoms with Gasteiger partial charge in [-0.2, -0.15) is 0 Å². The van der Waals surface area contributed by atoms with Crippen LogP contribution in [0, 0.1) is 0 Å². The highest BCUT2D eigenvalue weighted by molar-refractivity contribution is 7.92. The zero-order valence-electron chi connectivity index (χ0n) is 12.3. The predicted molar refractivity (Wildman–Crippen MR) is 94.0 cm³/mol. The maximum absolute atomic E-state index is 12.2. The smallest absolute Gasteiger partial charge is 0.263 e. The van der Waals surface area contributed by atoms with Crippen LogP contribution in [0.1, 0.15) is 0 Å². The fraction of sp³-hybridized carbons (Fsp3) is 0. The molecule has 3 aromatic rings. The van der Waals surface area contributed by atoms with E-state index in [-0.39, 0.29) is 10.7 Å². The van der Waals surface area contributed by atoms with Crippen LogP contribution in [0.4, 0.5) is 17.3 Å². The van der Waals surface area contributed by atoms with Gasteiger partial charge >= 0.3 is 0 Å². The highest BCUT2D eigenvalue weighted by Gasteiger charge is 2.14. The molecule has 1 heterocycles. The molecule has 0 aliphatic heterocycles. The lowest BCUT2D eigenvalue weighted by Crippen LogP contribution is -2.14. The molecule has 0 aliphatic carbocycles. The van der Waals surface area contributed by atoms with Crippen LogP contribution < -0.4 is 10.0 Å². The van der Waals surface area contributed by atoms with Gasteiger partial charge in [-0.1, -0.05) is 35.9 Å². The predicted octanol–water partition coefficient (Wildman–Crippen LogP) is 3.67. The Balaban J connectivity index is 1.73. The van der Waals surface area contributed by atoms with Crippen molar-refractivity contribution >= 4 is 38.9 Å². The van der Waals surface area contributed by atoms with Gasteiger partial charge in [0, 0.05) is 10.7 Å². The van der Waals surface area contributed by atoms with E-state index in [9.17, 15) is 8.42 Å². The van der Waals surface area contributed by atoms with Crippen LogP contribution >= 0.6 is 11.6 Å². The number of hydrogen-bond donors (Lipinski definition) is 2. The molecule has 122 valence electrons. The monoisotopic (exact) mass is 360 g/mol. The second-order valence-corrected chi connectivity index (χ2v) is 6.98. The highest BCUT2D eigenvalue weighted by atomic mass is 35.5. The van der Waals surface area contributed by atoms with Gasteiger partial charge < -0.3 is 5.32 Å². The number of aromatic nitrogens is 2. The number of halogens is 1. The van der Waals surface area contributed by atoms with Crippen LogP contribution in [-0.2, 0) is 10.0 Å². The minimum absolute atomic E-state index is 0.135. The summed E-state index contributed by atoms with van der Waals surface area (Å²) in [6.45, 7) is 0. The Morgan fingerprint density at radius 3 is 2.21 bits per heavy atom. The van der Waals surface area contributed by atoms with Crippen LogP contribution in [0.2, 0.25) is 5.02 Å². The summed E-state index contributed by atoms with van der Waals surface area (Å²) in [6, 6.07) is 18.4. The van der Waals surface area contributed by atoms with Crippen molar-refractivity contribution in [2.45, 2.75) is 4.90 Å². The molecule has 0 unspecified atom stereocenters. The Morgan fingerprint density at radius 1 is 0.833 bits per heavy atom. The molecule has 0 amide bonds. The first-order chi connectivity index (χ1) is 11.5. The van der Waals surface area contributed by atoms with Crippen molar-refractivity contribution < 1.29 is 8.42 Å². The van der Waals surface area contributed by atoms with E-state index in [1.165, 1.54) is 18.2 Å². The molecule has 3 rings (SSSR count). The number of hydrogen-bond acceptors (Lipinski definition) is 5. The second-order valence-electron chi connectivity index (χ2n) is 4.86. The average molecular weight is 361 g/mol. The fourth-order valence-electron chi connectivity index (χ4n) is 1.96. The molecule has 0 radical (unpaired) electrons. The Kier molecular flexibility index (Phi) is 4.64. The van der Waals surface area contributed by atoms with E-state index in [1.54, 1.807) is 42.5 Å². The molecule has 0 spiro atoms. The van der Waals surface area contributed by atoms with Crippen molar-refractivity contribution in [3.05, 3.63) is 71.8 Å². The number of nitrogens with one attached hydrogen (secondary N) is 2. The van der Waals surface area contributed by atoms with Crippen LogP contribution in [0.5, 0.6) is 0 Å². The third kappa shape index (κ3) is 4.01. The zero-order chi connectivity index (χ0) is 17.0. The molecule has 0 atom stereocenters. The van der Waals surface area contributed by atoms with Gasteiger partial charge in [0.15, 0.2) is 11.6 Å². The number of nitrogens with zero attached hydrogens (tertiary/aromatic N) is 2. The Morgan fingerprint density at radius 2 is 1.54 bits per heavy atom. The van der Waals surface area contributed by atoms with Crippen molar-refractivity contribution in [1.29, 1.82) is 0 Å². The van der Waals surface area contributed by atoms with Crippen molar-refractivity contribution in [2.75, 3.05) is 10.0 Å². The van der Waals surface area contributed by atoms with E-state index < -0.39 is 10.0 Å². The summed E-state index contributed by atoms with van der Waals surface area (Å²) in [5, 5.41) is 11.5.